The summed E-state index contributed by atoms with van der Waals surface area (Å²) in [5.41, 5.74) is 1.21. The Hall–Kier alpha value is 0.605. The fourth-order valence-corrected chi connectivity index (χ4v) is 6.54. The Morgan fingerprint density at radius 2 is 2.00 bits per heavy atom. The van der Waals surface area contributed by atoms with Crippen molar-refractivity contribution in [3.05, 3.63) is 13.6 Å². The molecule has 0 atom stereocenters. The Kier molecular flexibility index (Phi) is 4.15. The van der Waals surface area contributed by atoms with Crippen molar-refractivity contribution in [2.75, 3.05) is 32.8 Å². The lowest BCUT2D eigenvalue weighted by molar-refractivity contribution is -0.820. The number of quaternary nitrogens is 1. The summed E-state index contributed by atoms with van der Waals surface area (Å²) in [7, 11) is 0. The highest BCUT2D eigenvalue weighted by atomic mass is 79.9. The molecule has 0 radical (unpaired) electrons. The van der Waals surface area contributed by atoms with Gasteiger partial charge < -0.3 is 13.7 Å². The van der Waals surface area contributed by atoms with Crippen molar-refractivity contribution in [1.29, 1.82) is 0 Å². The maximum absolute atomic E-state index is 6.21. The standard InChI is InChI=1S/C12H18BBr2NO2S/c1-2-3-4-16-5-7-17-13(16,18-8-6-16)10-9-11(14)19-12(10)15/h9H,2-8H2,1H3. The molecule has 0 aliphatic carbocycles. The van der Waals surface area contributed by atoms with Crippen LogP contribution in [0.15, 0.2) is 13.6 Å². The van der Waals surface area contributed by atoms with E-state index in [1.54, 1.807) is 11.3 Å². The lowest BCUT2D eigenvalue weighted by Crippen LogP contribution is -2.69. The number of rotatable bonds is 4. The summed E-state index contributed by atoms with van der Waals surface area (Å²) in [6, 6.07) is 2.17. The molecule has 0 spiro atoms. The predicted octanol–water partition coefficient (Wildman–Crippen LogP) is 3.10. The second-order valence-electron chi connectivity index (χ2n) is 5.44. The van der Waals surface area contributed by atoms with Crippen molar-refractivity contribution in [1.82, 2.24) is 0 Å². The van der Waals surface area contributed by atoms with E-state index in [1.165, 1.54) is 18.3 Å². The minimum Gasteiger partial charge on any atom is -0.505 e. The number of unbranched alkanes of at least 4 members (excludes halogenated alkanes) is 1. The molecule has 0 bridgehead atoms. The van der Waals surface area contributed by atoms with Gasteiger partial charge in [0.2, 0.25) is 0 Å². The van der Waals surface area contributed by atoms with Crippen LogP contribution >= 0.6 is 43.2 Å². The molecule has 7 heteroatoms. The molecule has 3 heterocycles. The van der Waals surface area contributed by atoms with Crippen LogP contribution in [0.5, 0.6) is 0 Å². The minimum absolute atomic E-state index is 0.809. The van der Waals surface area contributed by atoms with Gasteiger partial charge in [0.25, 0.3) is 0 Å². The molecule has 1 aromatic heterocycles. The Bertz CT molecular complexity index is 472. The molecule has 2 aliphatic heterocycles. The molecule has 2 aliphatic rings. The zero-order valence-corrected chi connectivity index (χ0v) is 15.0. The van der Waals surface area contributed by atoms with Gasteiger partial charge in [-0.15, -0.1) is 11.3 Å². The second kappa shape index (κ2) is 5.42. The van der Waals surface area contributed by atoms with E-state index in [2.05, 4.69) is 44.8 Å². The molecular weight excluding hydrogens is 393 g/mol. The quantitative estimate of drug-likeness (QED) is 0.710. The Labute approximate surface area is 135 Å². The molecule has 3 rings (SSSR count). The van der Waals surface area contributed by atoms with Crippen molar-refractivity contribution in [2.24, 2.45) is 0 Å². The van der Waals surface area contributed by atoms with Crippen LogP contribution in [0.1, 0.15) is 19.8 Å². The first-order valence-corrected chi connectivity index (χ1v) is 9.27. The van der Waals surface area contributed by atoms with Crippen molar-refractivity contribution < 1.29 is 13.7 Å². The van der Waals surface area contributed by atoms with Crippen LogP contribution in [0, 0.1) is 0 Å². The van der Waals surface area contributed by atoms with Crippen LogP contribution in [0.3, 0.4) is 0 Å². The fourth-order valence-electron chi connectivity index (χ4n) is 3.55. The van der Waals surface area contributed by atoms with Crippen LogP contribution < -0.4 is 5.46 Å². The molecule has 2 fully saturated rings. The average molecular weight is 411 g/mol. The summed E-state index contributed by atoms with van der Waals surface area (Å²) in [5, 5.41) is 0. The summed E-state index contributed by atoms with van der Waals surface area (Å²) in [4.78, 5) is 0. The molecule has 19 heavy (non-hydrogen) atoms. The molecule has 1 aromatic rings. The zero-order valence-electron chi connectivity index (χ0n) is 11.0. The van der Waals surface area contributed by atoms with E-state index in [1.807, 2.05) is 0 Å². The molecule has 106 valence electrons. The van der Waals surface area contributed by atoms with Crippen LogP contribution in [-0.2, 0) is 9.31 Å². The Morgan fingerprint density at radius 1 is 1.32 bits per heavy atom. The third kappa shape index (κ3) is 2.17. The topological polar surface area (TPSA) is 18.5 Å². The highest BCUT2D eigenvalue weighted by Crippen LogP contribution is 2.38. The first-order valence-electron chi connectivity index (χ1n) is 6.86. The SMILES string of the molecule is CCCC[N+]12CCO[B-]1(c1cc(Br)sc1Br)OCC2. The van der Waals surface area contributed by atoms with E-state index in [9.17, 15) is 0 Å². The molecule has 0 N–H and O–H groups in total. The number of halogens is 2. The number of hydrogen-bond donors (Lipinski definition) is 0. The highest BCUT2D eigenvalue weighted by Gasteiger charge is 2.60. The smallest absolute Gasteiger partial charge is 0.504 e. The molecule has 0 saturated carbocycles. The predicted molar refractivity (Wildman–Crippen MR) is 86.8 cm³/mol. The monoisotopic (exact) mass is 409 g/mol. The van der Waals surface area contributed by atoms with Crippen LogP contribution in [0.4, 0.5) is 0 Å². The van der Waals surface area contributed by atoms with Gasteiger partial charge >= 0.3 is 6.69 Å². The zero-order chi connectivity index (χ0) is 13.5. The average Bonchev–Trinajstić information content (AvgIpc) is 2.97. The maximum atomic E-state index is 6.21. The van der Waals surface area contributed by atoms with Gasteiger partial charge in [0.05, 0.1) is 30.1 Å². The van der Waals surface area contributed by atoms with Gasteiger partial charge in [-0.05, 0) is 38.3 Å². The van der Waals surface area contributed by atoms with Gasteiger partial charge in [0, 0.05) is 10.3 Å². The first-order chi connectivity index (χ1) is 9.13. The molecule has 0 amide bonds. The van der Waals surface area contributed by atoms with E-state index in [4.69, 9.17) is 9.31 Å². The third-order valence-electron chi connectivity index (χ3n) is 4.51. The number of nitrogens with zero attached hydrogens (tertiary/aromatic N) is 1. The number of hydrogen-bond acceptors (Lipinski definition) is 3. The summed E-state index contributed by atoms with van der Waals surface area (Å²) >= 11 is 8.96. The largest absolute Gasteiger partial charge is 0.505 e. The summed E-state index contributed by atoms with van der Waals surface area (Å²) in [6.07, 6.45) is 2.46. The van der Waals surface area contributed by atoms with Gasteiger partial charge in [0.15, 0.2) is 0 Å². The van der Waals surface area contributed by atoms with E-state index in [0.29, 0.717) is 0 Å². The first kappa shape index (κ1) is 14.5. The summed E-state index contributed by atoms with van der Waals surface area (Å²) < 4.78 is 15.7. The summed E-state index contributed by atoms with van der Waals surface area (Å²) in [5.74, 6) is 0. The van der Waals surface area contributed by atoms with Crippen molar-refractivity contribution >= 4 is 55.3 Å². The fraction of sp³-hybridized carbons (Fsp3) is 0.667. The highest BCUT2D eigenvalue weighted by molar-refractivity contribution is 9.12. The normalized spacial score (nSPS) is 33.8. The van der Waals surface area contributed by atoms with Gasteiger partial charge in [-0.3, -0.25) is 0 Å². The lowest BCUT2D eigenvalue weighted by Gasteiger charge is -2.47. The lowest BCUT2D eigenvalue weighted by atomic mass is 9.61. The molecule has 3 nitrogen and oxygen atoms in total. The van der Waals surface area contributed by atoms with Crippen molar-refractivity contribution in [3.8, 4) is 0 Å². The van der Waals surface area contributed by atoms with E-state index < -0.39 is 6.69 Å². The minimum atomic E-state index is -1.36. The second-order valence-corrected chi connectivity index (χ2v) is 9.19. The Morgan fingerprint density at radius 3 is 2.53 bits per heavy atom. The summed E-state index contributed by atoms with van der Waals surface area (Å²) in [6.45, 7) is 5.84. The van der Waals surface area contributed by atoms with Gasteiger partial charge in [-0.25, -0.2) is 0 Å². The van der Waals surface area contributed by atoms with Gasteiger partial charge in [-0.1, -0.05) is 24.9 Å². The van der Waals surface area contributed by atoms with E-state index >= 15 is 0 Å². The number of fused-ring (bicyclic) bond motifs is 1. The third-order valence-corrected chi connectivity index (χ3v) is 6.90. The molecule has 2 saturated heterocycles. The van der Waals surface area contributed by atoms with Gasteiger partial charge in [-0.2, -0.15) is 0 Å². The Balaban J connectivity index is 2.02. The molecule has 0 aromatic carbocycles. The number of thiophene rings is 1. The maximum Gasteiger partial charge on any atom is 0.504 e. The van der Waals surface area contributed by atoms with E-state index in [0.717, 1.165) is 44.8 Å². The molecular formula is C12H18BBr2NO2S. The molecule has 0 unspecified atom stereocenters. The van der Waals surface area contributed by atoms with Gasteiger partial charge in [0.1, 0.15) is 0 Å². The van der Waals surface area contributed by atoms with Crippen LogP contribution in [0.25, 0.3) is 0 Å². The van der Waals surface area contributed by atoms with Crippen LogP contribution in [0.2, 0.25) is 0 Å². The van der Waals surface area contributed by atoms with E-state index in [-0.39, 0.29) is 0 Å². The van der Waals surface area contributed by atoms with Crippen molar-refractivity contribution in [2.45, 2.75) is 19.8 Å². The van der Waals surface area contributed by atoms with Crippen molar-refractivity contribution in [3.63, 3.8) is 0 Å². The van der Waals surface area contributed by atoms with Crippen LogP contribution in [-0.4, -0.2) is 43.9 Å².